The van der Waals surface area contributed by atoms with Gasteiger partial charge in [-0.2, -0.15) is 5.26 Å². The fourth-order valence-corrected chi connectivity index (χ4v) is 3.73. The van der Waals surface area contributed by atoms with Crippen molar-refractivity contribution < 1.29 is 0 Å². The minimum atomic E-state index is 0.584. The van der Waals surface area contributed by atoms with Crippen LogP contribution in [0, 0.1) is 18.3 Å². The van der Waals surface area contributed by atoms with E-state index in [1.807, 2.05) is 12.1 Å². The Morgan fingerprint density at radius 2 is 1.84 bits per heavy atom. The summed E-state index contributed by atoms with van der Waals surface area (Å²) in [5.41, 5.74) is 7.26. The molecule has 0 bridgehead atoms. The topological polar surface area (TPSA) is 27.0 Å². The van der Waals surface area contributed by atoms with Crippen LogP contribution in [0.15, 0.2) is 49.0 Å². The van der Waals surface area contributed by atoms with Crippen LogP contribution in [0.2, 0.25) is 0 Å². The second-order valence-electron chi connectivity index (χ2n) is 6.94. The molecule has 0 aromatic heterocycles. The molecule has 2 aromatic carbocycles. The molecule has 2 aromatic rings. The fourth-order valence-electron chi connectivity index (χ4n) is 3.73. The van der Waals surface area contributed by atoms with E-state index in [9.17, 15) is 0 Å². The lowest BCUT2D eigenvalue weighted by Gasteiger charge is -2.35. The molecule has 2 heteroatoms. The van der Waals surface area contributed by atoms with Gasteiger partial charge in [-0.25, -0.2) is 0 Å². The zero-order valence-electron chi connectivity index (χ0n) is 15.3. The first-order chi connectivity index (χ1) is 12.1. The number of nitriles is 1. The standard InChI is InChI=1S/C23H26N2/c1-4-20-15-23(8-5-17(20)2)18(3)25-13-11-22(12-14-25)21-9-6-19(16-24)7-10-21/h5-10,15,22H,3-4,11-14H2,1-2H3. The number of benzene rings is 2. The van der Waals surface area contributed by atoms with Crippen LogP contribution < -0.4 is 0 Å². The lowest BCUT2D eigenvalue weighted by Crippen LogP contribution is -2.31. The van der Waals surface area contributed by atoms with Gasteiger partial charge in [0.15, 0.2) is 0 Å². The molecule has 0 N–H and O–H groups in total. The van der Waals surface area contributed by atoms with Gasteiger partial charge in [0.1, 0.15) is 0 Å². The second kappa shape index (κ2) is 7.57. The number of likely N-dealkylation sites (tertiary alicyclic amines) is 1. The van der Waals surface area contributed by atoms with Crippen molar-refractivity contribution >= 4 is 5.70 Å². The van der Waals surface area contributed by atoms with Crippen molar-refractivity contribution in [3.8, 4) is 6.07 Å². The minimum absolute atomic E-state index is 0.584. The highest BCUT2D eigenvalue weighted by molar-refractivity contribution is 5.63. The maximum atomic E-state index is 8.93. The Morgan fingerprint density at radius 3 is 2.44 bits per heavy atom. The van der Waals surface area contributed by atoms with Crippen molar-refractivity contribution in [1.82, 2.24) is 4.90 Å². The summed E-state index contributed by atoms with van der Waals surface area (Å²) < 4.78 is 0. The van der Waals surface area contributed by atoms with E-state index in [1.165, 1.54) is 22.3 Å². The lowest BCUT2D eigenvalue weighted by molar-refractivity contribution is 0.299. The Balaban J connectivity index is 1.65. The van der Waals surface area contributed by atoms with Crippen LogP contribution >= 0.6 is 0 Å². The molecule has 0 saturated carbocycles. The van der Waals surface area contributed by atoms with Crippen LogP contribution in [-0.2, 0) is 6.42 Å². The largest absolute Gasteiger partial charge is 0.371 e. The number of hydrogen-bond acceptors (Lipinski definition) is 2. The smallest absolute Gasteiger partial charge is 0.0991 e. The molecule has 3 rings (SSSR count). The van der Waals surface area contributed by atoms with Crippen LogP contribution in [0.1, 0.15) is 53.5 Å². The summed E-state index contributed by atoms with van der Waals surface area (Å²) in [6.07, 6.45) is 3.34. The van der Waals surface area contributed by atoms with Gasteiger partial charge in [-0.05, 0) is 72.6 Å². The highest BCUT2D eigenvalue weighted by atomic mass is 15.1. The first kappa shape index (κ1) is 17.3. The zero-order valence-corrected chi connectivity index (χ0v) is 15.3. The van der Waals surface area contributed by atoms with Crippen molar-refractivity contribution in [2.24, 2.45) is 0 Å². The number of rotatable bonds is 4. The molecule has 2 nitrogen and oxygen atoms in total. The lowest BCUT2D eigenvalue weighted by atomic mass is 9.88. The molecule has 128 valence electrons. The fraction of sp³-hybridized carbons (Fsp3) is 0.348. The van der Waals surface area contributed by atoms with E-state index in [4.69, 9.17) is 5.26 Å². The number of hydrogen-bond donors (Lipinski definition) is 0. The molecule has 0 amide bonds. The van der Waals surface area contributed by atoms with E-state index < -0.39 is 0 Å². The molecule has 0 atom stereocenters. The van der Waals surface area contributed by atoms with Gasteiger partial charge in [0.25, 0.3) is 0 Å². The Labute approximate surface area is 151 Å². The number of piperidine rings is 1. The third-order valence-corrected chi connectivity index (χ3v) is 5.45. The van der Waals surface area contributed by atoms with Crippen molar-refractivity contribution in [2.45, 2.75) is 39.0 Å². The summed E-state index contributed by atoms with van der Waals surface area (Å²) in [7, 11) is 0. The van der Waals surface area contributed by atoms with E-state index in [0.29, 0.717) is 5.92 Å². The molecular formula is C23H26N2. The van der Waals surface area contributed by atoms with Gasteiger partial charge in [0.05, 0.1) is 11.6 Å². The quantitative estimate of drug-likeness (QED) is 0.762. The molecule has 0 spiro atoms. The normalized spacial score (nSPS) is 15.0. The van der Waals surface area contributed by atoms with Crippen molar-refractivity contribution in [3.05, 3.63) is 76.9 Å². The summed E-state index contributed by atoms with van der Waals surface area (Å²) in [4.78, 5) is 2.42. The van der Waals surface area contributed by atoms with E-state index in [0.717, 1.165) is 43.6 Å². The summed E-state index contributed by atoms with van der Waals surface area (Å²) in [6.45, 7) is 10.8. The van der Waals surface area contributed by atoms with Crippen molar-refractivity contribution in [1.29, 1.82) is 5.26 Å². The highest BCUT2D eigenvalue weighted by Crippen LogP contribution is 2.32. The first-order valence-corrected chi connectivity index (χ1v) is 9.16. The molecule has 1 saturated heterocycles. The summed E-state index contributed by atoms with van der Waals surface area (Å²) in [5.74, 6) is 0.584. The maximum Gasteiger partial charge on any atom is 0.0991 e. The Bertz CT molecular complexity index is 788. The summed E-state index contributed by atoms with van der Waals surface area (Å²) in [6, 6.07) is 17.0. The average molecular weight is 330 g/mol. The van der Waals surface area contributed by atoms with Crippen molar-refractivity contribution in [2.75, 3.05) is 13.1 Å². The van der Waals surface area contributed by atoms with Gasteiger partial charge < -0.3 is 4.90 Å². The van der Waals surface area contributed by atoms with Gasteiger partial charge in [0.2, 0.25) is 0 Å². The molecule has 1 fully saturated rings. The summed E-state index contributed by atoms with van der Waals surface area (Å²) in [5, 5.41) is 8.93. The van der Waals surface area contributed by atoms with Gasteiger partial charge >= 0.3 is 0 Å². The Hall–Kier alpha value is -2.53. The predicted molar refractivity (Wildman–Crippen MR) is 104 cm³/mol. The van der Waals surface area contributed by atoms with E-state index in [1.54, 1.807) is 0 Å². The zero-order chi connectivity index (χ0) is 17.8. The van der Waals surface area contributed by atoms with Gasteiger partial charge in [0, 0.05) is 18.8 Å². The van der Waals surface area contributed by atoms with Crippen LogP contribution in [0.3, 0.4) is 0 Å². The Morgan fingerprint density at radius 1 is 1.16 bits per heavy atom. The molecular weight excluding hydrogens is 304 g/mol. The molecule has 1 aliphatic heterocycles. The highest BCUT2D eigenvalue weighted by Gasteiger charge is 2.22. The third-order valence-electron chi connectivity index (χ3n) is 5.45. The van der Waals surface area contributed by atoms with Gasteiger partial charge in [-0.3, -0.25) is 0 Å². The van der Waals surface area contributed by atoms with Gasteiger partial charge in [-0.15, -0.1) is 0 Å². The van der Waals surface area contributed by atoms with E-state index >= 15 is 0 Å². The monoisotopic (exact) mass is 330 g/mol. The average Bonchev–Trinajstić information content (AvgIpc) is 2.68. The predicted octanol–water partition coefficient (Wildman–Crippen LogP) is 5.28. The molecule has 1 heterocycles. The SMILES string of the molecule is C=C(c1ccc(C)c(CC)c1)N1CCC(c2ccc(C#N)cc2)CC1. The maximum absolute atomic E-state index is 8.93. The second-order valence-corrected chi connectivity index (χ2v) is 6.94. The van der Waals surface area contributed by atoms with E-state index in [2.05, 4.69) is 61.7 Å². The van der Waals surface area contributed by atoms with Crippen LogP contribution in [0.4, 0.5) is 0 Å². The summed E-state index contributed by atoms with van der Waals surface area (Å²) >= 11 is 0. The number of nitrogens with zero attached hydrogens (tertiary/aromatic N) is 2. The molecule has 0 radical (unpaired) electrons. The van der Waals surface area contributed by atoms with Crippen LogP contribution in [-0.4, -0.2) is 18.0 Å². The first-order valence-electron chi connectivity index (χ1n) is 9.16. The van der Waals surface area contributed by atoms with Gasteiger partial charge in [-0.1, -0.05) is 37.8 Å². The van der Waals surface area contributed by atoms with Crippen LogP contribution in [0.25, 0.3) is 5.70 Å². The molecule has 25 heavy (non-hydrogen) atoms. The molecule has 0 unspecified atom stereocenters. The van der Waals surface area contributed by atoms with Crippen LogP contribution in [0.5, 0.6) is 0 Å². The molecule has 0 aliphatic carbocycles. The third kappa shape index (κ3) is 3.77. The molecule has 1 aliphatic rings. The number of aryl methyl sites for hydroxylation is 2. The van der Waals surface area contributed by atoms with E-state index in [-0.39, 0.29) is 0 Å². The van der Waals surface area contributed by atoms with Crippen molar-refractivity contribution in [3.63, 3.8) is 0 Å². The Kier molecular flexibility index (Phi) is 5.24. The minimum Gasteiger partial charge on any atom is -0.371 e.